The van der Waals surface area contributed by atoms with Crippen LogP contribution in [0.1, 0.15) is 0 Å². The molecular formula is C43H25N3OS. The second kappa shape index (κ2) is 9.67. The summed E-state index contributed by atoms with van der Waals surface area (Å²) in [7, 11) is 0. The Morgan fingerprint density at radius 2 is 1.10 bits per heavy atom. The molecule has 11 aromatic rings. The van der Waals surface area contributed by atoms with Crippen LogP contribution >= 0.6 is 11.3 Å². The molecule has 48 heavy (non-hydrogen) atoms. The highest BCUT2D eigenvalue weighted by molar-refractivity contribution is 7.21. The molecule has 0 amide bonds. The smallest absolute Gasteiger partial charge is 0.195 e. The maximum Gasteiger partial charge on any atom is 0.195 e. The molecule has 5 heteroatoms. The van der Waals surface area contributed by atoms with Crippen LogP contribution in [0.15, 0.2) is 156 Å². The van der Waals surface area contributed by atoms with E-state index in [1.165, 1.54) is 49.4 Å². The van der Waals surface area contributed by atoms with Gasteiger partial charge >= 0.3 is 0 Å². The lowest BCUT2D eigenvalue weighted by Crippen LogP contribution is -1.93. The molecule has 4 heterocycles. The molecule has 0 aliphatic carbocycles. The average molecular weight is 632 g/mol. The molecule has 11 rings (SSSR count). The van der Waals surface area contributed by atoms with E-state index in [9.17, 15) is 0 Å². The lowest BCUT2D eigenvalue weighted by Gasteiger charge is -2.09. The van der Waals surface area contributed by atoms with E-state index < -0.39 is 0 Å². The fourth-order valence-electron chi connectivity index (χ4n) is 7.65. The predicted molar refractivity (Wildman–Crippen MR) is 201 cm³/mol. The third kappa shape index (κ3) is 3.56. The third-order valence-corrected chi connectivity index (χ3v) is 10.8. The number of hydrogen-bond acceptors (Lipinski definition) is 3. The van der Waals surface area contributed by atoms with Crippen molar-refractivity contribution < 1.29 is 4.42 Å². The first-order valence-electron chi connectivity index (χ1n) is 16.1. The zero-order chi connectivity index (χ0) is 31.3. The van der Waals surface area contributed by atoms with Crippen LogP contribution in [0.5, 0.6) is 0 Å². The van der Waals surface area contributed by atoms with Crippen molar-refractivity contribution in [3.63, 3.8) is 0 Å². The Morgan fingerprint density at radius 1 is 0.458 bits per heavy atom. The molecule has 0 spiro atoms. The standard InChI is InChI=1S/C43H25N3OS/c1-2-10-28(11-3-1)45-34-15-7-5-13-30(34)33-24-26(19-21-36(33)45)27-18-20-31-29-12-4-8-16-35(29)46(37(31)25-27)43-44-42-40(48-43)23-22-39-41(42)32-14-6-9-17-38(32)47-39/h1-25H. The van der Waals surface area contributed by atoms with Crippen molar-refractivity contribution in [2.45, 2.75) is 0 Å². The Bertz CT molecular complexity index is 3070. The topological polar surface area (TPSA) is 35.9 Å². The average Bonchev–Trinajstić information content (AvgIpc) is 3.90. The molecular weight excluding hydrogens is 607 g/mol. The number of rotatable bonds is 3. The van der Waals surface area contributed by atoms with Gasteiger partial charge in [-0.3, -0.25) is 4.57 Å². The van der Waals surface area contributed by atoms with E-state index in [1.807, 2.05) is 12.1 Å². The van der Waals surface area contributed by atoms with Crippen LogP contribution in [-0.4, -0.2) is 14.1 Å². The van der Waals surface area contributed by atoms with Crippen molar-refractivity contribution in [1.82, 2.24) is 14.1 Å². The number of furan rings is 1. The maximum atomic E-state index is 6.21. The van der Waals surface area contributed by atoms with Crippen molar-refractivity contribution in [3.05, 3.63) is 152 Å². The Morgan fingerprint density at radius 3 is 1.96 bits per heavy atom. The molecule has 4 nitrogen and oxygen atoms in total. The fraction of sp³-hybridized carbons (Fsp3) is 0. The highest BCUT2D eigenvalue weighted by atomic mass is 32.1. The van der Waals surface area contributed by atoms with Crippen molar-refractivity contribution in [2.75, 3.05) is 0 Å². The van der Waals surface area contributed by atoms with Crippen LogP contribution < -0.4 is 0 Å². The zero-order valence-corrected chi connectivity index (χ0v) is 26.4. The number of thiazole rings is 1. The molecule has 0 unspecified atom stereocenters. The van der Waals surface area contributed by atoms with Crippen LogP contribution in [-0.2, 0) is 0 Å². The van der Waals surface area contributed by atoms with Gasteiger partial charge in [-0.05, 0) is 71.8 Å². The summed E-state index contributed by atoms with van der Waals surface area (Å²) in [5, 5.41) is 8.06. The van der Waals surface area contributed by atoms with Crippen LogP contribution in [0.3, 0.4) is 0 Å². The van der Waals surface area contributed by atoms with Gasteiger partial charge in [0, 0.05) is 32.6 Å². The van der Waals surface area contributed by atoms with Crippen LogP contribution in [0.25, 0.3) is 97.7 Å². The Balaban J connectivity index is 1.15. The van der Waals surface area contributed by atoms with Gasteiger partial charge in [-0.15, -0.1) is 0 Å². The lowest BCUT2D eigenvalue weighted by molar-refractivity contribution is 0.669. The summed E-state index contributed by atoms with van der Waals surface area (Å²) in [5.74, 6) is 0. The van der Waals surface area contributed by atoms with E-state index in [2.05, 4.69) is 149 Å². The molecule has 0 saturated carbocycles. The van der Waals surface area contributed by atoms with Gasteiger partial charge < -0.3 is 8.98 Å². The number of para-hydroxylation sites is 4. The monoisotopic (exact) mass is 631 g/mol. The fourth-order valence-corrected chi connectivity index (χ4v) is 8.65. The first kappa shape index (κ1) is 26.0. The van der Waals surface area contributed by atoms with E-state index in [1.54, 1.807) is 11.3 Å². The Labute approximate surface area is 278 Å². The summed E-state index contributed by atoms with van der Waals surface area (Å²) in [6.07, 6.45) is 0. The first-order chi connectivity index (χ1) is 23.8. The molecule has 0 aliphatic rings. The van der Waals surface area contributed by atoms with Gasteiger partial charge in [-0.1, -0.05) is 102 Å². The van der Waals surface area contributed by atoms with Crippen molar-refractivity contribution in [3.8, 4) is 21.9 Å². The second-order valence-electron chi connectivity index (χ2n) is 12.4. The first-order valence-corrected chi connectivity index (χ1v) is 17.0. The van der Waals surface area contributed by atoms with E-state index in [0.29, 0.717) is 0 Å². The van der Waals surface area contributed by atoms with Gasteiger partial charge in [0.1, 0.15) is 11.2 Å². The predicted octanol–water partition coefficient (Wildman–Crippen LogP) is 12.1. The van der Waals surface area contributed by atoms with E-state index in [0.717, 1.165) is 48.3 Å². The van der Waals surface area contributed by atoms with Crippen molar-refractivity contribution in [2.24, 2.45) is 0 Å². The van der Waals surface area contributed by atoms with Crippen LogP contribution in [0, 0.1) is 0 Å². The van der Waals surface area contributed by atoms with Crippen molar-refractivity contribution in [1.29, 1.82) is 0 Å². The molecule has 0 atom stereocenters. The highest BCUT2D eigenvalue weighted by Crippen LogP contribution is 2.41. The summed E-state index contributed by atoms with van der Waals surface area (Å²) in [5.41, 5.74) is 11.0. The van der Waals surface area contributed by atoms with Gasteiger partial charge in [0.25, 0.3) is 0 Å². The SMILES string of the molecule is c1ccc(-n2c3ccccc3c3cc(-c4ccc5c6ccccc6n(-c6nc7c(ccc8oc9ccccc9c87)s6)c5c4)ccc32)cc1. The summed E-state index contributed by atoms with van der Waals surface area (Å²) >= 11 is 1.72. The zero-order valence-electron chi connectivity index (χ0n) is 25.6. The largest absolute Gasteiger partial charge is 0.456 e. The summed E-state index contributed by atoms with van der Waals surface area (Å²) in [6, 6.07) is 54.2. The number of benzene rings is 7. The molecule has 0 bridgehead atoms. The van der Waals surface area contributed by atoms with E-state index in [-0.39, 0.29) is 0 Å². The number of hydrogen-bond donors (Lipinski definition) is 0. The lowest BCUT2D eigenvalue weighted by atomic mass is 10.0. The molecule has 224 valence electrons. The van der Waals surface area contributed by atoms with Gasteiger partial charge in [-0.25, -0.2) is 4.98 Å². The van der Waals surface area contributed by atoms with E-state index in [4.69, 9.17) is 9.40 Å². The number of aromatic nitrogens is 3. The minimum Gasteiger partial charge on any atom is -0.456 e. The minimum atomic E-state index is 0.870. The maximum absolute atomic E-state index is 6.21. The highest BCUT2D eigenvalue weighted by Gasteiger charge is 2.20. The molecule has 0 fully saturated rings. The van der Waals surface area contributed by atoms with Gasteiger partial charge in [0.05, 0.1) is 37.7 Å². The van der Waals surface area contributed by atoms with E-state index >= 15 is 0 Å². The molecule has 4 aromatic heterocycles. The molecule has 0 N–H and O–H groups in total. The quantitative estimate of drug-likeness (QED) is 0.194. The number of nitrogens with zero attached hydrogens (tertiary/aromatic N) is 3. The Hall–Kier alpha value is -6.17. The molecule has 0 radical (unpaired) electrons. The van der Waals surface area contributed by atoms with Crippen molar-refractivity contribution >= 4 is 87.1 Å². The third-order valence-electron chi connectivity index (χ3n) is 9.77. The van der Waals surface area contributed by atoms with Gasteiger partial charge in [0.15, 0.2) is 5.13 Å². The van der Waals surface area contributed by atoms with Crippen LogP contribution in [0.2, 0.25) is 0 Å². The van der Waals surface area contributed by atoms with Crippen LogP contribution in [0.4, 0.5) is 0 Å². The summed E-state index contributed by atoms with van der Waals surface area (Å²) in [4.78, 5) is 5.33. The summed E-state index contributed by atoms with van der Waals surface area (Å²) in [6.45, 7) is 0. The van der Waals surface area contributed by atoms with Gasteiger partial charge in [-0.2, -0.15) is 0 Å². The van der Waals surface area contributed by atoms with Gasteiger partial charge in [0.2, 0.25) is 0 Å². The second-order valence-corrected chi connectivity index (χ2v) is 13.4. The molecule has 7 aromatic carbocycles. The Kier molecular flexibility index (Phi) is 5.23. The molecule has 0 aliphatic heterocycles. The molecule has 0 saturated heterocycles. The number of fused-ring (bicyclic) bond motifs is 11. The normalized spacial score (nSPS) is 12.2. The summed E-state index contributed by atoms with van der Waals surface area (Å²) < 4.78 is 12.1. The minimum absolute atomic E-state index is 0.870.